The Hall–Kier alpha value is -0.920. The standard InChI is InChI=1S/C14H18Br2N2O3/c1-8-5-9(15)12(10(16)6-8)17-11(19)7-18(4)14(2,3)13(20)21/h5-6H,7H2,1-4H3,(H,17,19)(H,20,21). The Bertz CT molecular complexity index is 550. The molecule has 1 amide bonds. The van der Waals surface area contributed by atoms with Crippen LogP contribution < -0.4 is 5.32 Å². The minimum Gasteiger partial charge on any atom is -0.480 e. The molecular weight excluding hydrogens is 404 g/mol. The van der Waals surface area contributed by atoms with Crippen molar-refractivity contribution in [3.63, 3.8) is 0 Å². The topological polar surface area (TPSA) is 69.6 Å². The van der Waals surface area contributed by atoms with Crippen LogP contribution in [0.15, 0.2) is 21.1 Å². The molecule has 0 bridgehead atoms. The molecule has 0 fully saturated rings. The van der Waals surface area contributed by atoms with Crippen LogP contribution in [0.5, 0.6) is 0 Å². The third-order valence-electron chi connectivity index (χ3n) is 3.31. The average molecular weight is 422 g/mol. The number of carbonyl (C=O) groups is 2. The summed E-state index contributed by atoms with van der Waals surface area (Å²) in [5, 5.41) is 11.9. The van der Waals surface area contributed by atoms with Crippen molar-refractivity contribution in [2.45, 2.75) is 26.3 Å². The molecule has 7 heteroatoms. The van der Waals surface area contributed by atoms with Crippen molar-refractivity contribution < 1.29 is 14.7 Å². The van der Waals surface area contributed by atoms with E-state index in [1.807, 2.05) is 19.1 Å². The van der Waals surface area contributed by atoms with Crippen molar-refractivity contribution in [1.29, 1.82) is 0 Å². The summed E-state index contributed by atoms with van der Waals surface area (Å²) < 4.78 is 1.53. The van der Waals surface area contributed by atoms with Crippen molar-refractivity contribution in [3.8, 4) is 0 Å². The maximum absolute atomic E-state index is 12.1. The SMILES string of the molecule is Cc1cc(Br)c(NC(=O)CN(C)C(C)(C)C(=O)O)c(Br)c1. The fourth-order valence-corrected chi connectivity index (χ4v) is 3.19. The summed E-state index contributed by atoms with van der Waals surface area (Å²) >= 11 is 6.81. The maximum atomic E-state index is 12.1. The Kier molecular flexibility index (Phi) is 5.95. The van der Waals surface area contributed by atoms with E-state index in [4.69, 9.17) is 5.11 Å². The molecule has 0 aliphatic rings. The van der Waals surface area contributed by atoms with Gasteiger partial charge in [0, 0.05) is 8.95 Å². The second-order valence-electron chi connectivity index (χ2n) is 5.37. The van der Waals surface area contributed by atoms with Crippen molar-refractivity contribution in [3.05, 3.63) is 26.6 Å². The third-order valence-corrected chi connectivity index (χ3v) is 4.56. The number of hydrogen-bond donors (Lipinski definition) is 2. The Morgan fingerprint density at radius 3 is 2.19 bits per heavy atom. The summed E-state index contributed by atoms with van der Waals surface area (Å²) in [5.41, 5.74) is 0.571. The molecule has 2 N–H and O–H groups in total. The molecule has 5 nitrogen and oxygen atoms in total. The largest absolute Gasteiger partial charge is 0.480 e. The highest BCUT2D eigenvalue weighted by atomic mass is 79.9. The van der Waals surface area contributed by atoms with E-state index in [1.165, 1.54) is 4.90 Å². The number of benzene rings is 1. The van der Waals surface area contributed by atoms with E-state index in [2.05, 4.69) is 37.2 Å². The maximum Gasteiger partial charge on any atom is 0.323 e. The molecule has 0 unspecified atom stereocenters. The number of carbonyl (C=O) groups excluding carboxylic acids is 1. The zero-order valence-corrected chi connectivity index (χ0v) is 15.5. The van der Waals surface area contributed by atoms with E-state index in [9.17, 15) is 9.59 Å². The van der Waals surface area contributed by atoms with Crippen molar-refractivity contribution in [2.75, 3.05) is 18.9 Å². The van der Waals surface area contributed by atoms with Crippen LogP contribution in [0, 0.1) is 6.92 Å². The van der Waals surface area contributed by atoms with Crippen LogP contribution in [0.4, 0.5) is 5.69 Å². The molecule has 0 aliphatic carbocycles. The minimum absolute atomic E-state index is 0.0218. The van der Waals surface area contributed by atoms with Crippen molar-refractivity contribution >= 4 is 49.4 Å². The minimum atomic E-state index is -1.11. The highest BCUT2D eigenvalue weighted by Gasteiger charge is 2.33. The molecular formula is C14H18Br2N2O3. The van der Waals surface area contributed by atoms with E-state index in [-0.39, 0.29) is 12.5 Å². The summed E-state index contributed by atoms with van der Waals surface area (Å²) in [6.45, 7) is 5.04. The molecule has 21 heavy (non-hydrogen) atoms. The molecule has 1 aromatic rings. The lowest BCUT2D eigenvalue weighted by molar-refractivity contribution is -0.148. The number of carboxylic acids is 1. The van der Waals surface area contributed by atoms with Gasteiger partial charge in [0.05, 0.1) is 12.2 Å². The number of amides is 1. The van der Waals surface area contributed by atoms with Gasteiger partial charge in [-0.3, -0.25) is 14.5 Å². The molecule has 0 radical (unpaired) electrons. The molecule has 0 spiro atoms. The van der Waals surface area contributed by atoms with E-state index < -0.39 is 11.5 Å². The van der Waals surface area contributed by atoms with E-state index in [0.717, 1.165) is 14.5 Å². The summed E-state index contributed by atoms with van der Waals surface area (Å²) in [4.78, 5) is 24.7. The summed E-state index contributed by atoms with van der Waals surface area (Å²) in [6, 6.07) is 3.79. The van der Waals surface area contributed by atoms with E-state index >= 15 is 0 Å². The van der Waals surface area contributed by atoms with Gasteiger partial charge in [-0.2, -0.15) is 0 Å². The van der Waals surface area contributed by atoms with Crippen molar-refractivity contribution in [1.82, 2.24) is 4.90 Å². The van der Waals surface area contributed by atoms with Gasteiger partial charge in [0.25, 0.3) is 0 Å². The van der Waals surface area contributed by atoms with Crippen LogP contribution in [0.2, 0.25) is 0 Å². The van der Waals surface area contributed by atoms with Crippen LogP contribution in [-0.4, -0.2) is 41.0 Å². The molecule has 0 saturated heterocycles. The molecule has 0 heterocycles. The van der Waals surface area contributed by atoms with Gasteiger partial charge in [-0.1, -0.05) is 0 Å². The Morgan fingerprint density at radius 2 is 1.76 bits per heavy atom. The lowest BCUT2D eigenvalue weighted by atomic mass is 10.0. The first-order valence-electron chi connectivity index (χ1n) is 6.26. The fourth-order valence-electron chi connectivity index (χ4n) is 1.57. The summed E-state index contributed by atoms with van der Waals surface area (Å²) in [5.74, 6) is -1.26. The van der Waals surface area contributed by atoms with E-state index in [0.29, 0.717) is 5.69 Å². The number of carboxylic acid groups (broad SMARTS) is 1. The second kappa shape index (κ2) is 6.89. The number of rotatable bonds is 5. The van der Waals surface area contributed by atoms with Crippen LogP contribution in [0.1, 0.15) is 19.4 Å². The zero-order chi connectivity index (χ0) is 16.4. The third kappa shape index (κ3) is 4.52. The smallest absolute Gasteiger partial charge is 0.323 e. The Labute approximate surface area is 141 Å². The van der Waals surface area contributed by atoms with Gasteiger partial charge in [0.1, 0.15) is 5.54 Å². The fraction of sp³-hybridized carbons (Fsp3) is 0.429. The molecule has 116 valence electrons. The number of hydrogen-bond acceptors (Lipinski definition) is 3. The highest BCUT2D eigenvalue weighted by molar-refractivity contribution is 9.11. The van der Waals surface area contributed by atoms with Crippen LogP contribution in [0.3, 0.4) is 0 Å². The van der Waals surface area contributed by atoms with E-state index in [1.54, 1.807) is 20.9 Å². The first kappa shape index (κ1) is 18.1. The number of halogens is 2. The number of aryl methyl sites for hydroxylation is 1. The van der Waals surface area contributed by atoms with Gasteiger partial charge >= 0.3 is 5.97 Å². The lowest BCUT2D eigenvalue weighted by Gasteiger charge is -2.30. The highest BCUT2D eigenvalue weighted by Crippen LogP contribution is 2.32. The monoisotopic (exact) mass is 420 g/mol. The average Bonchev–Trinajstić information content (AvgIpc) is 2.33. The van der Waals surface area contributed by atoms with Gasteiger partial charge < -0.3 is 10.4 Å². The molecule has 0 aliphatic heterocycles. The predicted molar refractivity (Wildman–Crippen MR) is 89.6 cm³/mol. The summed E-state index contributed by atoms with van der Waals surface area (Å²) in [6.07, 6.45) is 0. The van der Waals surface area contributed by atoms with Gasteiger partial charge in [0.2, 0.25) is 5.91 Å². The molecule has 0 aromatic heterocycles. The van der Waals surface area contributed by atoms with Gasteiger partial charge in [-0.15, -0.1) is 0 Å². The lowest BCUT2D eigenvalue weighted by Crippen LogP contribution is -2.50. The van der Waals surface area contributed by atoms with Crippen LogP contribution >= 0.6 is 31.9 Å². The molecule has 0 saturated carbocycles. The number of aliphatic carboxylic acids is 1. The predicted octanol–water partition coefficient (Wildman–Crippen LogP) is 3.25. The Morgan fingerprint density at radius 1 is 1.29 bits per heavy atom. The number of anilines is 1. The number of nitrogens with one attached hydrogen (secondary N) is 1. The van der Waals surface area contributed by atoms with Crippen LogP contribution in [0.25, 0.3) is 0 Å². The molecule has 1 aromatic carbocycles. The number of nitrogens with zero attached hydrogens (tertiary/aromatic N) is 1. The first-order chi connectivity index (χ1) is 9.55. The Balaban J connectivity index is 2.82. The second-order valence-corrected chi connectivity index (χ2v) is 7.08. The van der Waals surface area contributed by atoms with Gasteiger partial charge in [0.15, 0.2) is 0 Å². The van der Waals surface area contributed by atoms with Crippen LogP contribution in [-0.2, 0) is 9.59 Å². The van der Waals surface area contributed by atoms with Gasteiger partial charge in [-0.25, -0.2) is 0 Å². The normalized spacial score (nSPS) is 11.6. The van der Waals surface area contributed by atoms with Crippen molar-refractivity contribution in [2.24, 2.45) is 0 Å². The first-order valence-corrected chi connectivity index (χ1v) is 7.84. The zero-order valence-electron chi connectivity index (χ0n) is 12.3. The molecule has 1 rings (SSSR count). The molecule has 0 atom stereocenters. The number of likely N-dealkylation sites (N-methyl/N-ethyl adjacent to an activating group) is 1. The van der Waals surface area contributed by atoms with Gasteiger partial charge in [-0.05, 0) is 77.4 Å². The summed E-state index contributed by atoms with van der Waals surface area (Å²) in [7, 11) is 1.60. The quantitative estimate of drug-likeness (QED) is 0.765.